The summed E-state index contributed by atoms with van der Waals surface area (Å²) in [4.78, 5) is 8.40. The van der Waals surface area contributed by atoms with Gasteiger partial charge < -0.3 is 4.74 Å². The fourth-order valence-electron chi connectivity index (χ4n) is 1.33. The van der Waals surface area contributed by atoms with Gasteiger partial charge in [0.1, 0.15) is 16.1 Å². The Hall–Kier alpha value is -0.110. The highest BCUT2D eigenvalue weighted by Gasteiger charge is 2.11. The summed E-state index contributed by atoms with van der Waals surface area (Å²) in [5.74, 6) is 1.22. The second kappa shape index (κ2) is 5.90. The van der Waals surface area contributed by atoms with Crippen LogP contribution in [0.4, 0.5) is 0 Å². The van der Waals surface area contributed by atoms with Gasteiger partial charge in [0.25, 0.3) is 0 Å². The Morgan fingerprint density at radius 1 is 1.22 bits per heavy atom. The van der Waals surface area contributed by atoms with Crippen molar-refractivity contribution in [1.82, 2.24) is 9.97 Å². The van der Waals surface area contributed by atoms with Gasteiger partial charge in [-0.15, -0.1) is 0 Å². The summed E-state index contributed by atoms with van der Waals surface area (Å²) in [6.45, 7) is 0. The Bertz CT molecular complexity index is 587. The second-order valence-electron chi connectivity index (χ2n) is 3.29. The van der Waals surface area contributed by atoms with E-state index in [1.54, 1.807) is 7.11 Å². The molecule has 18 heavy (non-hydrogen) atoms. The molecule has 0 spiro atoms. The number of aromatic nitrogens is 2. The van der Waals surface area contributed by atoms with E-state index in [1.165, 1.54) is 0 Å². The highest BCUT2D eigenvalue weighted by molar-refractivity contribution is 14.1. The van der Waals surface area contributed by atoms with E-state index in [2.05, 4.69) is 25.9 Å². The van der Waals surface area contributed by atoms with Gasteiger partial charge >= 0.3 is 0 Å². The SMILES string of the molecule is COc1ccc(-c2nc(Cl)c(I)c(Cl)n2)cc1Br. The predicted molar refractivity (Wildman–Crippen MR) is 84.5 cm³/mol. The number of ether oxygens (including phenoxy) is 1. The van der Waals surface area contributed by atoms with Gasteiger partial charge in [0.05, 0.1) is 15.2 Å². The van der Waals surface area contributed by atoms with Crippen molar-refractivity contribution in [2.24, 2.45) is 0 Å². The molecular weight excluding hydrogens is 454 g/mol. The largest absolute Gasteiger partial charge is 0.496 e. The first-order valence-corrected chi connectivity index (χ1v) is 7.38. The Morgan fingerprint density at radius 2 is 1.83 bits per heavy atom. The molecule has 0 saturated heterocycles. The minimum absolute atomic E-state index is 0.345. The maximum absolute atomic E-state index is 5.99. The van der Waals surface area contributed by atoms with Gasteiger partial charge in [-0.3, -0.25) is 0 Å². The lowest BCUT2D eigenvalue weighted by Gasteiger charge is -2.07. The molecule has 0 bridgehead atoms. The third kappa shape index (κ3) is 2.89. The monoisotopic (exact) mass is 458 g/mol. The highest BCUT2D eigenvalue weighted by atomic mass is 127. The molecule has 0 aliphatic rings. The summed E-state index contributed by atoms with van der Waals surface area (Å²) in [5.41, 5.74) is 0.808. The average molecular weight is 460 g/mol. The molecule has 0 amide bonds. The summed E-state index contributed by atoms with van der Waals surface area (Å²) in [6.07, 6.45) is 0. The Kier molecular flexibility index (Phi) is 4.69. The summed E-state index contributed by atoms with van der Waals surface area (Å²) >= 11 is 17.4. The minimum Gasteiger partial charge on any atom is -0.496 e. The quantitative estimate of drug-likeness (QED) is 0.477. The molecule has 94 valence electrons. The molecule has 3 nitrogen and oxygen atoms in total. The normalized spacial score (nSPS) is 10.5. The zero-order valence-corrected chi connectivity index (χ0v) is 14.3. The summed E-state index contributed by atoms with van der Waals surface area (Å²) in [5, 5.41) is 0.690. The molecule has 2 rings (SSSR count). The molecule has 0 atom stereocenters. The summed E-state index contributed by atoms with van der Waals surface area (Å²) < 4.78 is 6.62. The van der Waals surface area contributed by atoms with E-state index in [0.29, 0.717) is 19.7 Å². The molecule has 0 unspecified atom stereocenters. The van der Waals surface area contributed by atoms with Crippen LogP contribution in [0, 0.1) is 3.57 Å². The average Bonchev–Trinajstić information content (AvgIpc) is 2.35. The first-order chi connectivity index (χ1) is 8.52. The molecule has 0 radical (unpaired) electrons. The Morgan fingerprint density at radius 3 is 2.33 bits per heavy atom. The van der Waals surface area contributed by atoms with Crippen LogP contribution in [0.15, 0.2) is 22.7 Å². The van der Waals surface area contributed by atoms with E-state index in [9.17, 15) is 0 Å². The lowest BCUT2D eigenvalue weighted by atomic mass is 10.2. The van der Waals surface area contributed by atoms with Crippen LogP contribution >= 0.6 is 61.7 Å². The predicted octanol–water partition coefficient (Wildman–Crippen LogP) is 4.83. The number of hydrogen-bond donors (Lipinski definition) is 0. The van der Waals surface area contributed by atoms with Gasteiger partial charge in [-0.1, -0.05) is 23.2 Å². The lowest BCUT2D eigenvalue weighted by molar-refractivity contribution is 0.412. The molecule has 0 aliphatic heterocycles. The smallest absolute Gasteiger partial charge is 0.162 e. The second-order valence-corrected chi connectivity index (χ2v) is 5.94. The van der Waals surface area contributed by atoms with Crippen LogP contribution in [0.25, 0.3) is 11.4 Å². The van der Waals surface area contributed by atoms with Gasteiger partial charge in [-0.2, -0.15) is 0 Å². The zero-order chi connectivity index (χ0) is 13.3. The molecule has 0 N–H and O–H groups in total. The minimum atomic E-state index is 0.345. The van der Waals surface area contributed by atoms with Crippen LogP contribution in [0.5, 0.6) is 5.75 Å². The summed E-state index contributed by atoms with van der Waals surface area (Å²) in [7, 11) is 1.61. The summed E-state index contributed by atoms with van der Waals surface area (Å²) in [6, 6.07) is 5.52. The third-order valence-corrected chi connectivity index (χ3v) is 5.01. The van der Waals surface area contributed by atoms with Crippen molar-refractivity contribution in [3.8, 4) is 17.1 Å². The van der Waals surface area contributed by atoms with Gasteiger partial charge in [0, 0.05) is 5.56 Å². The maximum Gasteiger partial charge on any atom is 0.162 e. The van der Waals surface area contributed by atoms with Crippen molar-refractivity contribution in [3.05, 3.63) is 36.5 Å². The van der Waals surface area contributed by atoms with Crippen molar-refractivity contribution in [2.75, 3.05) is 7.11 Å². The molecule has 1 aromatic carbocycles. The van der Waals surface area contributed by atoms with Gasteiger partial charge in [-0.25, -0.2) is 9.97 Å². The van der Waals surface area contributed by atoms with E-state index in [1.807, 2.05) is 40.8 Å². The standard InChI is InChI=1S/C11H6BrCl2IN2O/c1-18-7-3-2-5(4-6(7)12)11-16-9(13)8(15)10(14)17-11/h2-4H,1H3. The van der Waals surface area contributed by atoms with Crippen molar-refractivity contribution in [2.45, 2.75) is 0 Å². The lowest BCUT2D eigenvalue weighted by Crippen LogP contribution is -1.94. The Balaban J connectivity index is 2.52. The maximum atomic E-state index is 5.99. The van der Waals surface area contributed by atoms with E-state index >= 15 is 0 Å². The molecule has 7 heteroatoms. The van der Waals surface area contributed by atoms with Crippen LogP contribution in [0.1, 0.15) is 0 Å². The molecule has 0 aliphatic carbocycles. The van der Waals surface area contributed by atoms with E-state index in [-0.39, 0.29) is 0 Å². The van der Waals surface area contributed by atoms with Crippen LogP contribution in [-0.2, 0) is 0 Å². The Labute approximate surface area is 136 Å². The highest BCUT2D eigenvalue weighted by Crippen LogP contribution is 2.31. The fourth-order valence-corrected chi connectivity index (χ4v) is 2.50. The van der Waals surface area contributed by atoms with Crippen LogP contribution in [0.3, 0.4) is 0 Å². The van der Waals surface area contributed by atoms with Gasteiger partial charge in [-0.05, 0) is 56.7 Å². The number of benzene rings is 1. The molecular formula is C11H6BrCl2IN2O. The molecule has 0 fully saturated rings. The third-order valence-electron chi connectivity index (χ3n) is 2.18. The number of methoxy groups -OCH3 is 1. The van der Waals surface area contributed by atoms with Crippen molar-refractivity contribution < 1.29 is 4.74 Å². The van der Waals surface area contributed by atoms with Gasteiger partial charge in [0.15, 0.2) is 5.82 Å². The number of hydrogen-bond acceptors (Lipinski definition) is 3. The van der Waals surface area contributed by atoms with Crippen LogP contribution in [0.2, 0.25) is 10.3 Å². The van der Waals surface area contributed by atoms with E-state index < -0.39 is 0 Å². The fraction of sp³-hybridized carbons (Fsp3) is 0.0909. The van der Waals surface area contributed by atoms with Crippen molar-refractivity contribution >= 4 is 61.7 Å². The molecule has 2 aromatic rings. The van der Waals surface area contributed by atoms with Crippen LogP contribution in [-0.4, -0.2) is 17.1 Å². The first kappa shape index (κ1) is 14.3. The molecule has 0 saturated carbocycles. The topological polar surface area (TPSA) is 35.0 Å². The van der Waals surface area contributed by atoms with E-state index in [4.69, 9.17) is 27.9 Å². The van der Waals surface area contributed by atoms with Crippen LogP contribution < -0.4 is 4.74 Å². The molecule has 1 heterocycles. The number of nitrogens with zero attached hydrogens (tertiary/aromatic N) is 2. The van der Waals surface area contributed by atoms with Crippen molar-refractivity contribution in [3.63, 3.8) is 0 Å². The van der Waals surface area contributed by atoms with Gasteiger partial charge in [0.2, 0.25) is 0 Å². The van der Waals surface area contributed by atoms with E-state index in [0.717, 1.165) is 15.8 Å². The first-order valence-electron chi connectivity index (χ1n) is 4.75. The zero-order valence-electron chi connectivity index (χ0n) is 9.05. The number of rotatable bonds is 2. The van der Waals surface area contributed by atoms with Crippen molar-refractivity contribution in [1.29, 1.82) is 0 Å². The molecule has 1 aromatic heterocycles. The number of halogens is 4.